The van der Waals surface area contributed by atoms with Gasteiger partial charge in [0.2, 0.25) is 0 Å². The van der Waals surface area contributed by atoms with Gasteiger partial charge < -0.3 is 4.74 Å². The molecule has 0 atom stereocenters. The zero-order valence-corrected chi connectivity index (χ0v) is 16.4. The van der Waals surface area contributed by atoms with E-state index < -0.39 is 17.8 Å². The van der Waals surface area contributed by atoms with E-state index in [1.165, 1.54) is 0 Å². The molecule has 0 saturated carbocycles. The van der Waals surface area contributed by atoms with Gasteiger partial charge in [0.25, 0.3) is 11.8 Å². The van der Waals surface area contributed by atoms with Gasteiger partial charge >= 0.3 is 5.97 Å². The van der Waals surface area contributed by atoms with Crippen molar-refractivity contribution < 1.29 is 19.1 Å². The third-order valence-electron chi connectivity index (χ3n) is 4.34. The van der Waals surface area contributed by atoms with E-state index in [1.807, 2.05) is 6.07 Å². The van der Waals surface area contributed by atoms with E-state index in [0.717, 1.165) is 22.8 Å². The summed E-state index contributed by atoms with van der Waals surface area (Å²) >= 11 is 0. The number of carbonyl (C=O) groups is 3. The summed E-state index contributed by atoms with van der Waals surface area (Å²) in [6.07, 6.45) is 0.938. The Hall–Kier alpha value is -2.43. The number of esters is 1. The molecule has 1 heterocycles. The van der Waals surface area contributed by atoms with Crippen LogP contribution in [0.2, 0.25) is 0 Å². The van der Waals surface area contributed by atoms with Crippen molar-refractivity contribution in [2.75, 3.05) is 0 Å². The first-order chi connectivity index (χ1) is 11.9. The van der Waals surface area contributed by atoms with Crippen LogP contribution in [0.5, 0.6) is 0 Å². The number of rotatable bonds is 4. The van der Waals surface area contributed by atoms with Gasteiger partial charge in [0.05, 0.1) is 6.42 Å². The average Bonchev–Trinajstić information content (AvgIpc) is 2.80. The summed E-state index contributed by atoms with van der Waals surface area (Å²) in [4.78, 5) is 34.9. The molecule has 0 saturated heterocycles. The number of hydrogen-bond donors (Lipinski definition) is 1. The standard InChI is InChI=1S/C21H27NO4/c1-20(2,3)15-8-7-9-16(21(4,5)6)14(15)12-26-18(24)11-13-10-17(23)22-19(13)25/h7-10H,11-12H2,1-6H3,(H,22,23,25). The summed E-state index contributed by atoms with van der Waals surface area (Å²) in [5.41, 5.74) is 3.21. The molecule has 0 unspecified atom stereocenters. The van der Waals surface area contributed by atoms with Gasteiger partial charge in [0, 0.05) is 11.6 Å². The van der Waals surface area contributed by atoms with Crippen LogP contribution in [0.1, 0.15) is 64.7 Å². The van der Waals surface area contributed by atoms with Crippen LogP contribution in [0.3, 0.4) is 0 Å². The Bertz CT molecular complexity index is 744. The lowest BCUT2D eigenvalue weighted by molar-refractivity contribution is -0.144. The number of ether oxygens (including phenoxy) is 1. The van der Waals surface area contributed by atoms with Crippen molar-refractivity contribution >= 4 is 17.8 Å². The van der Waals surface area contributed by atoms with Crippen LogP contribution < -0.4 is 5.32 Å². The molecule has 26 heavy (non-hydrogen) atoms. The zero-order chi connectivity index (χ0) is 19.7. The van der Waals surface area contributed by atoms with E-state index in [-0.39, 0.29) is 29.4 Å². The molecule has 0 aromatic heterocycles. The van der Waals surface area contributed by atoms with Crippen molar-refractivity contribution in [3.8, 4) is 0 Å². The Balaban J connectivity index is 2.23. The highest BCUT2D eigenvalue weighted by Crippen LogP contribution is 2.34. The van der Waals surface area contributed by atoms with Gasteiger partial charge in [0.1, 0.15) is 6.61 Å². The lowest BCUT2D eigenvalue weighted by atomic mass is 9.76. The number of amides is 2. The molecule has 2 amide bonds. The van der Waals surface area contributed by atoms with Gasteiger partial charge in [-0.25, -0.2) is 0 Å². The van der Waals surface area contributed by atoms with Crippen molar-refractivity contribution in [1.82, 2.24) is 5.32 Å². The first-order valence-corrected chi connectivity index (χ1v) is 8.74. The van der Waals surface area contributed by atoms with Gasteiger partial charge in [-0.05, 0) is 27.5 Å². The molecule has 0 spiro atoms. The summed E-state index contributed by atoms with van der Waals surface area (Å²) in [5, 5.41) is 2.13. The Morgan fingerprint density at radius 1 is 1.00 bits per heavy atom. The monoisotopic (exact) mass is 357 g/mol. The highest BCUT2D eigenvalue weighted by atomic mass is 16.5. The largest absolute Gasteiger partial charge is 0.461 e. The molecule has 0 radical (unpaired) electrons. The lowest BCUT2D eigenvalue weighted by Gasteiger charge is -2.29. The van der Waals surface area contributed by atoms with Crippen molar-refractivity contribution in [3.05, 3.63) is 46.5 Å². The first kappa shape index (κ1) is 19.9. The fraction of sp³-hybridized carbons (Fsp3) is 0.476. The molecule has 1 aromatic rings. The van der Waals surface area contributed by atoms with Crippen LogP contribution in [0.4, 0.5) is 0 Å². The third-order valence-corrected chi connectivity index (χ3v) is 4.34. The molecule has 5 nitrogen and oxygen atoms in total. The second-order valence-corrected chi connectivity index (χ2v) is 8.66. The molecule has 1 aliphatic heterocycles. The van der Waals surface area contributed by atoms with Crippen LogP contribution >= 0.6 is 0 Å². The van der Waals surface area contributed by atoms with Gasteiger partial charge in [-0.1, -0.05) is 59.7 Å². The summed E-state index contributed by atoms with van der Waals surface area (Å²) in [7, 11) is 0. The Kier molecular flexibility index (Phi) is 5.40. The maximum Gasteiger partial charge on any atom is 0.310 e. The van der Waals surface area contributed by atoms with Crippen molar-refractivity contribution in [3.63, 3.8) is 0 Å². The van der Waals surface area contributed by atoms with Gasteiger partial charge in [-0.3, -0.25) is 19.7 Å². The maximum absolute atomic E-state index is 12.2. The second-order valence-electron chi connectivity index (χ2n) is 8.66. The lowest BCUT2D eigenvalue weighted by Crippen LogP contribution is -2.24. The van der Waals surface area contributed by atoms with Crippen molar-refractivity contribution in [1.29, 1.82) is 0 Å². The normalized spacial score (nSPS) is 14.9. The number of hydrogen-bond acceptors (Lipinski definition) is 4. The fourth-order valence-corrected chi connectivity index (χ4v) is 3.09. The SMILES string of the molecule is CC(C)(C)c1cccc(C(C)(C)C)c1COC(=O)CC1=CC(=O)NC1=O. The van der Waals surface area contributed by atoms with E-state index in [4.69, 9.17) is 4.74 Å². The first-order valence-electron chi connectivity index (χ1n) is 8.74. The Morgan fingerprint density at radius 2 is 1.54 bits per heavy atom. The molecule has 1 aliphatic rings. The highest BCUT2D eigenvalue weighted by molar-refractivity contribution is 6.17. The van der Waals surface area contributed by atoms with Gasteiger partial charge in [-0.15, -0.1) is 0 Å². The molecule has 5 heteroatoms. The predicted octanol–water partition coefficient (Wildman–Crippen LogP) is 3.30. The molecule has 140 valence electrons. The third kappa shape index (κ3) is 4.59. The van der Waals surface area contributed by atoms with Gasteiger partial charge in [-0.2, -0.15) is 0 Å². The van der Waals surface area contributed by atoms with E-state index in [0.29, 0.717) is 0 Å². The van der Waals surface area contributed by atoms with Crippen LogP contribution in [-0.2, 0) is 36.6 Å². The van der Waals surface area contributed by atoms with Gasteiger partial charge in [0.15, 0.2) is 0 Å². The molecule has 1 aromatic carbocycles. The summed E-state index contributed by atoms with van der Waals surface area (Å²) < 4.78 is 5.47. The predicted molar refractivity (Wildman–Crippen MR) is 99.5 cm³/mol. The molecule has 1 N–H and O–H groups in total. The van der Waals surface area contributed by atoms with E-state index in [1.54, 1.807) is 0 Å². The summed E-state index contributed by atoms with van der Waals surface area (Å²) in [6, 6.07) is 6.15. The van der Waals surface area contributed by atoms with Crippen LogP contribution in [-0.4, -0.2) is 17.8 Å². The van der Waals surface area contributed by atoms with Crippen molar-refractivity contribution in [2.45, 2.75) is 65.4 Å². The number of benzene rings is 1. The van der Waals surface area contributed by atoms with E-state index >= 15 is 0 Å². The minimum Gasteiger partial charge on any atom is -0.461 e. The number of carbonyl (C=O) groups excluding carboxylic acids is 3. The van der Waals surface area contributed by atoms with Crippen molar-refractivity contribution in [2.24, 2.45) is 0 Å². The maximum atomic E-state index is 12.2. The molecule has 2 rings (SSSR count). The van der Waals surface area contributed by atoms with Crippen LogP contribution in [0.15, 0.2) is 29.8 Å². The fourth-order valence-electron chi connectivity index (χ4n) is 3.09. The zero-order valence-electron chi connectivity index (χ0n) is 16.4. The molecule has 0 bridgehead atoms. The van der Waals surface area contributed by atoms with E-state index in [2.05, 4.69) is 59.0 Å². The molecule has 0 aliphatic carbocycles. The molecule has 0 fully saturated rings. The summed E-state index contributed by atoms with van der Waals surface area (Å²) in [6.45, 7) is 12.9. The highest BCUT2D eigenvalue weighted by Gasteiger charge is 2.27. The van der Waals surface area contributed by atoms with E-state index in [9.17, 15) is 14.4 Å². The number of nitrogens with one attached hydrogen (secondary N) is 1. The number of imide groups is 1. The minimum absolute atomic E-state index is 0.0940. The second kappa shape index (κ2) is 7.06. The minimum atomic E-state index is -0.530. The van der Waals surface area contributed by atoms with Crippen LogP contribution in [0, 0.1) is 0 Å². The molecular formula is C21H27NO4. The quantitative estimate of drug-likeness (QED) is 0.663. The van der Waals surface area contributed by atoms with Crippen LogP contribution in [0.25, 0.3) is 0 Å². The Morgan fingerprint density at radius 3 is 1.96 bits per heavy atom. The molecular weight excluding hydrogens is 330 g/mol. The summed E-state index contributed by atoms with van der Waals surface area (Å²) in [5.74, 6) is -1.55. The topological polar surface area (TPSA) is 72.5 Å². The average molecular weight is 357 g/mol. The Labute approximate surface area is 154 Å². The smallest absolute Gasteiger partial charge is 0.310 e.